The van der Waals surface area contributed by atoms with Gasteiger partial charge in [-0.25, -0.2) is 18.5 Å². The number of methoxy groups -OCH3 is 1. The Kier molecular flexibility index (Phi) is 6.86. The Morgan fingerprint density at radius 3 is 2.49 bits per heavy atom. The number of carbonyl (C=O) groups excluding carboxylic acids is 2. The van der Waals surface area contributed by atoms with Crippen molar-refractivity contribution < 1.29 is 18.7 Å². The van der Waals surface area contributed by atoms with Crippen LogP contribution < -0.4 is 16.6 Å². The monoisotopic (exact) mass is 515 g/mol. The van der Waals surface area contributed by atoms with Crippen LogP contribution in [0.15, 0.2) is 58.1 Å². The van der Waals surface area contributed by atoms with Crippen LogP contribution in [0.2, 0.25) is 4.34 Å². The Labute approximate surface area is 206 Å². The Bertz CT molecular complexity index is 1560. The van der Waals surface area contributed by atoms with Gasteiger partial charge in [0.05, 0.1) is 28.0 Å². The van der Waals surface area contributed by atoms with E-state index in [9.17, 15) is 23.6 Å². The molecule has 0 saturated carbocycles. The van der Waals surface area contributed by atoms with E-state index in [4.69, 9.17) is 16.3 Å². The molecule has 0 fully saturated rings. The maximum Gasteiger partial charge on any atom is 0.333 e. The van der Waals surface area contributed by atoms with Gasteiger partial charge in [-0.2, -0.15) is 0 Å². The molecule has 1 atom stereocenters. The van der Waals surface area contributed by atoms with Gasteiger partial charge >= 0.3 is 11.7 Å². The first-order valence-corrected chi connectivity index (χ1v) is 11.6. The maximum atomic E-state index is 14.1. The smallest absolute Gasteiger partial charge is 0.333 e. The Morgan fingerprint density at radius 2 is 1.89 bits per heavy atom. The lowest BCUT2D eigenvalue weighted by atomic mass is 10.1. The number of aromatic nitrogens is 2. The first kappa shape index (κ1) is 24.4. The number of H-pyrrole nitrogens is 1. The van der Waals surface area contributed by atoms with Gasteiger partial charge in [-0.05, 0) is 60.5 Å². The van der Waals surface area contributed by atoms with Crippen LogP contribution in [0.5, 0.6) is 0 Å². The third kappa shape index (κ3) is 4.75. The predicted octanol–water partition coefficient (Wildman–Crippen LogP) is 3.74. The summed E-state index contributed by atoms with van der Waals surface area (Å²) in [5.74, 6) is -1.73. The molecule has 11 heteroatoms. The van der Waals surface area contributed by atoms with Crippen LogP contribution in [-0.2, 0) is 16.0 Å². The fraction of sp³-hybridized carbons (Fsp3) is 0.167. The Morgan fingerprint density at radius 1 is 1.17 bits per heavy atom. The van der Waals surface area contributed by atoms with E-state index in [2.05, 4.69) is 10.3 Å². The van der Waals surface area contributed by atoms with Gasteiger partial charge in [0, 0.05) is 10.4 Å². The van der Waals surface area contributed by atoms with Gasteiger partial charge in [-0.1, -0.05) is 18.5 Å². The molecule has 0 aliphatic rings. The van der Waals surface area contributed by atoms with Crippen molar-refractivity contribution in [3.8, 4) is 5.69 Å². The summed E-state index contributed by atoms with van der Waals surface area (Å²) < 4.78 is 20.2. The molecule has 0 bridgehead atoms. The van der Waals surface area contributed by atoms with E-state index in [0.717, 1.165) is 22.0 Å². The molecule has 4 aromatic rings. The van der Waals surface area contributed by atoms with Crippen LogP contribution in [0, 0.1) is 5.82 Å². The van der Waals surface area contributed by atoms with Crippen LogP contribution in [0.3, 0.4) is 0 Å². The number of fused-ring (bicyclic) bond motifs is 1. The number of ether oxygens (including phenoxy) is 1. The molecular formula is C24H19ClFN3O5S. The van der Waals surface area contributed by atoms with Crippen molar-refractivity contribution in [2.24, 2.45) is 0 Å². The lowest BCUT2D eigenvalue weighted by Crippen LogP contribution is -2.34. The normalized spacial score (nSPS) is 11.9. The van der Waals surface area contributed by atoms with Gasteiger partial charge in [0.1, 0.15) is 5.82 Å². The van der Waals surface area contributed by atoms with Crippen molar-refractivity contribution >= 4 is 45.7 Å². The van der Waals surface area contributed by atoms with Gasteiger partial charge in [-0.15, -0.1) is 11.3 Å². The van der Waals surface area contributed by atoms with Crippen LogP contribution in [0.25, 0.3) is 16.6 Å². The van der Waals surface area contributed by atoms with Crippen molar-refractivity contribution in [2.45, 2.75) is 19.4 Å². The first-order chi connectivity index (χ1) is 16.7. The van der Waals surface area contributed by atoms with Crippen molar-refractivity contribution in [2.75, 3.05) is 7.11 Å². The first-order valence-electron chi connectivity index (χ1n) is 10.4. The second kappa shape index (κ2) is 9.85. The summed E-state index contributed by atoms with van der Waals surface area (Å²) in [6.45, 7) is 1.76. The zero-order valence-electron chi connectivity index (χ0n) is 18.6. The fourth-order valence-electron chi connectivity index (χ4n) is 3.61. The lowest BCUT2D eigenvalue weighted by Gasteiger charge is -2.15. The zero-order valence-corrected chi connectivity index (χ0v) is 20.1. The summed E-state index contributed by atoms with van der Waals surface area (Å²) in [6.07, 6.45) is 0.383. The van der Waals surface area contributed by atoms with E-state index < -0.39 is 35.0 Å². The van der Waals surface area contributed by atoms with Crippen molar-refractivity contribution in [1.82, 2.24) is 14.9 Å². The standard InChI is InChI=1S/C24H19ClFN3O5S/c1-3-12-10-15-17(11-16(12)26)27-24(33)29(22(15)31)14-6-4-13(5-7-14)21(30)28-20(23(32)34-2)18-8-9-19(25)35-18/h4-11,20H,3H2,1-2H3,(H,27,33)(H,28,30). The number of amides is 1. The van der Waals surface area contributed by atoms with Crippen LogP contribution in [0.4, 0.5) is 4.39 Å². The van der Waals surface area contributed by atoms with Gasteiger partial charge in [0.25, 0.3) is 11.5 Å². The van der Waals surface area contributed by atoms with Crippen molar-refractivity contribution in [1.29, 1.82) is 0 Å². The average Bonchev–Trinajstić information content (AvgIpc) is 3.27. The number of esters is 1. The molecular weight excluding hydrogens is 497 g/mol. The molecule has 2 aromatic heterocycles. The topological polar surface area (TPSA) is 110 Å². The highest BCUT2D eigenvalue weighted by atomic mass is 35.5. The highest BCUT2D eigenvalue weighted by molar-refractivity contribution is 7.16. The second-order valence-corrected chi connectivity index (χ2v) is 9.28. The van der Waals surface area contributed by atoms with E-state index in [-0.39, 0.29) is 22.2 Å². The maximum absolute atomic E-state index is 14.1. The fourth-order valence-corrected chi connectivity index (χ4v) is 4.71. The number of hydrogen-bond acceptors (Lipinski definition) is 6. The zero-order chi connectivity index (χ0) is 25.3. The molecule has 4 rings (SSSR count). The van der Waals surface area contributed by atoms with Crippen molar-refractivity contribution in [3.05, 3.63) is 95.5 Å². The Hall–Kier alpha value is -3.76. The van der Waals surface area contributed by atoms with Crippen LogP contribution in [0.1, 0.15) is 33.8 Å². The number of carbonyl (C=O) groups is 2. The number of rotatable bonds is 6. The van der Waals surface area contributed by atoms with Crippen LogP contribution >= 0.6 is 22.9 Å². The molecule has 0 aliphatic carbocycles. The quantitative estimate of drug-likeness (QED) is 0.380. The summed E-state index contributed by atoms with van der Waals surface area (Å²) in [5, 5.41) is 2.77. The van der Waals surface area contributed by atoms with E-state index in [1.165, 1.54) is 37.4 Å². The van der Waals surface area contributed by atoms with Gasteiger partial charge in [0.15, 0.2) is 6.04 Å². The van der Waals surface area contributed by atoms with Crippen molar-refractivity contribution in [3.63, 3.8) is 0 Å². The van der Waals surface area contributed by atoms with Gasteiger partial charge in [0.2, 0.25) is 0 Å². The van der Waals surface area contributed by atoms with E-state index in [1.807, 2.05) is 0 Å². The molecule has 8 nitrogen and oxygen atoms in total. The molecule has 2 aromatic carbocycles. The summed E-state index contributed by atoms with van der Waals surface area (Å²) in [5.41, 5.74) is -0.505. The highest BCUT2D eigenvalue weighted by Gasteiger charge is 2.26. The Balaban J connectivity index is 1.66. The molecule has 180 valence electrons. The molecule has 1 unspecified atom stereocenters. The number of nitrogens with zero attached hydrogens (tertiary/aromatic N) is 1. The minimum absolute atomic E-state index is 0.101. The highest BCUT2D eigenvalue weighted by Crippen LogP contribution is 2.28. The number of nitrogens with one attached hydrogen (secondary N) is 2. The molecule has 0 aliphatic heterocycles. The molecule has 0 spiro atoms. The largest absolute Gasteiger partial charge is 0.467 e. The molecule has 0 radical (unpaired) electrons. The third-order valence-corrected chi connectivity index (χ3v) is 6.72. The minimum Gasteiger partial charge on any atom is -0.467 e. The minimum atomic E-state index is -1.05. The van der Waals surface area contributed by atoms with Gasteiger partial charge in [-0.3, -0.25) is 9.59 Å². The number of aromatic amines is 1. The third-order valence-electron chi connectivity index (χ3n) is 5.42. The summed E-state index contributed by atoms with van der Waals surface area (Å²) in [6, 6.07) is 10.4. The summed E-state index contributed by atoms with van der Waals surface area (Å²) in [4.78, 5) is 53.7. The number of benzene rings is 2. The molecule has 2 heterocycles. The van der Waals surface area contributed by atoms with E-state index in [0.29, 0.717) is 21.2 Å². The van der Waals surface area contributed by atoms with E-state index >= 15 is 0 Å². The molecule has 1 amide bonds. The van der Waals surface area contributed by atoms with Gasteiger partial charge < -0.3 is 15.0 Å². The second-order valence-electron chi connectivity index (χ2n) is 7.53. The number of thiophene rings is 1. The summed E-state index contributed by atoms with van der Waals surface area (Å²) >= 11 is 7.08. The predicted molar refractivity (Wildman–Crippen MR) is 131 cm³/mol. The summed E-state index contributed by atoms with van der Waals surface area (Å²) in [7, 11) is 1.21. The molecule has 35 heavy (non-hydrogen) atoms. The number of hydrogen-bond donors (Lipinski definition) is 2. The van der Waals surface area contributed by atoms with E-state index in [1.54, 1.807) is 19.1 Å². The molecule has 2 N–H and O–H groups in total. The SMILES string of the molecule is CCc1cc2c(=O)n(-c3ccc(C(=O)NC(C(=O)OC)c4ccc(Cl)s4)cc3)c(=O)[nH]c2cc1F. The number of halogens is 2. The average molecular weight is 516 g/mol. The lowest BCUT2D eigenvalue weighted by molar-refractivity contribution is -0.143. The van der Waals surface area contributed by atoms with Crippen LogP contribution in [-0.4, -0.2) is 28.5 Å². The number of aryl methyl sites for hydroxylation is 1. The molecule has 0 saturated heterocycles.